The van der Waals surface area contributed by atoms with Crippen molar-refractivity contribution in [3.63, 3.8) is 0 Å². The molecule has 0 radical (unpaired) electrons. The van der Waals surface area contributed by atoms with Crippen LogP contribution in [0.3, 0.4) is 0 Å². The highest BCUT2D eigenvalue weighted by Crippen LogP contribution is 2.14. The van der Waals surface area contributed by atoms with Crippen molar-refractivity contribution in [1.82, 2.24) is 9.80 Å². The van der Waals surface area contributed by atoms with Gasteiger partial charge >= 0.3 is 0 Å². The predicted octanol–water partition coefficient (Wildman–Crippen LogP) is 7.35. The number of carbonyl (C=O) groups is 2. The predicted molar refractivity (Wildman–Crippen MR) is 134 cm³/mol. The Bertz CT molecular complexity index is 425. The van der Waals surface area contributed by atoms with Gasteiger partial charge in [-0.25, -0.2) is 0 Å². The van der Waals surface area contributed by atoms with Crippen LogP contribution in [-0.4, -0.2) is 48.3 Å². The molecular formula is C27H54N2O2. The SMILES string of the molecule is CCCCCCCCCCCCCCCCCC(=O)N(C)CCN(CCC)C(=O)CC. The van der Waals surface area contributed by atoms with E-state index in [0.717, 1.165) is 25.8 Å². The zero-order valence-corrected chi connectivity index (χ0v) is 21.6. The fraction of sp³-hybridized carbons (Fsp3) is 0.926. The van der Waals surface area contributed by atoms with Gasteiger partial charge in [-0.05, 0) is 12.8 Å². The molecule has 0 rings (SSSR count). The van der Waals surface area contributed by atoms with Crippen LogP contribution < -0.4 is 0 Å². The smallest absolute Gasteiger partial charge is 0.222 e. The summed E-state index contributed by atoms with van der Waals surface area (Å²) in [6.07, 6.45) is 22.3. The highest BCUT2D eigenvalue weighted by atomic mass is 16.2. The molecule has 0 heterocycles. The first-order valence-corrected chi connectivity index (χ1v) is 13.6. The summed E-state index contributed by atoms with van der Waals surface area (Å²) in [6, 6.07) is 0. The van der Waals surface area contributed by atoms with Gasteiger partial charge < -0.3 is 9.80 Å². The molecule has 184 valence electrons. The van der Waals surface area contributed by atoms with Crippen molar-refractivity contribution >= 4 is 11.8 Å². The van der Waals surface area contributed by atoms with E-state index in [2.05, 4.69) is 13.8 Å². The van der Waals surface area contributed by atoms with Crippen molar-refractivity contribution in [1.29, 1.82) is 0 Å². The first kappa shape index (κ1) is 29.9. The van der Waals surface area contributed by atoms with E-state index in [1.165, 1.54) is 83.5 Å². The number of hydrogen-bond donors (Lipinski definition) is 0. The summed E-state index contributed by atoms with van der Waals surface area (Å²) < 4.78 is 0. The minimum absolute atomic E-state index is 0.185. The average Bonchev–Trinajstić information content (AvgIpc) is 2.78. The molecule has 0 N–H and O–H groups in total. The Morgan fingerprint density at radius 3 is 1.39 bits per heavy atom. The van der Waals surface area contributed by atoms with E-state index in [0.29, 0.717) is 25.9 Å². The van der Waals surface area contributed by atoms with Gasteiger partial charge in [0.05, 0.1) is 0 Å². The van der Waals surface area contributed by atoms with E-state index in [4.69, 9.17) is 0 Å². The van der Waals surface area contributed by atoms with Gasteiger partial charge in [0.25, 0.3) is 0 Å². The lowest BCUT2D eigenvalue weighted by atomic mass is 10.0. The van der Waals surface area contributed by atoms with Gasteiger partial charge in [0.1, 0.15) is 0 Å². The fourth-order valence-corrected chi connectivity index (χ4v) is 4.09. The number of carbonyl (C=O) groups excluding carboxylic acids is 2. The molecule has 0 bridgehead atoms. The van der Waals surface area contributed by atoms with Crippen molar-refractivity contribution in [2.75, 3.05) is 26.7 Å². The summed E-state index contributed by atoms with van der Waals surface area (Å²) in [5.41, 5.74) is 0. The van der Waals surface area contributed by atoms with Crippen LogP contribution in [0.15, 0.2) is 0 Å². The van der Waals surface area contributed by atoms with Crippen LogP contribution in [0.4, 0.5) is 0 Å². The molecule has 0 fully saturated rings. The number of likely N-dealkylation sites (N-methyl/N-ethyl adjacent to an activating group) is 1. The molecule has 0 unspecified atom stereocenters. The van der Waals surface area contributed by atoms with Crippen molar-refractivity contribution in [3.05, 3.63) is 0 Å². The number of hydrogen-bond acceptors (Lipinski definition) is 2. The summed E-state index contributed by atoms with van der Waals surface area (Å²) in [4.78, 5) is 27.9. The number of rotatable bonds is 22. The van der Waals surface area contributed by atoms with E-state index in [1.54, 1.807) is 4.90 Å². The lowest BCUT2D eigenvalue weighted by Gasteiger charge is -2.25. The van der Waals surface area contributed by atoms with E-state index < -0.39 is 0 Å². The Kier molecular flexibility index (Phi) is 21.4. The van der Waals surface area contributed by atoms with Crippen molar-refractivity contribution < 1.29 is 9.59 Å². The van der Waals surface area contributed by atoms with Gasteiger partial charge in [-0.15, -0.1) is 0 Å². The molecule has 4 nitrogen and oxygen atoms in total. The zero-order valence-electron chi connectivity index (χ0n) is 21.6. The maximum absolute atomic E-state index is 12.3. The normalized spacial score (nSPS) is 11.0. The van der Waals surface area contributed by atoms with Gasteiger partial charge in [0.2, 0.25) is 11.8 Å². The molecule has 0 aromatic rings. The zero-order chi connectivity index (χ0) is 23.2. The van der Waals surface area contributed by atoms with Gasteiger partial charge in [-0.3, -0.25) is 9.59 Å². The molecule has 0 aromatic carbocycles. The third-order valence-electron chi connectivity index (χ3n) is 6.27. The summed E-state index contributed by atoms with van der Waals surface area (Å²) in [5.74, 6) is 0.403. The van der Waals surface area contributed by atoms with Gasteiger partial charge in [-0.1, -0.05) is 111 Å². The van der Waals surface area contributed by atoms with Crippen LogP contribution in [-0.2, 0) is 9.59 Å². The van der Waals surface area contributed by atoms with Crippen LogP contribution in [0, 0.1) is 0 Å². The monoisotopic (exact) mass is 438 g/mol. The molecule has 31 heavy (non-hydrogen) atoms. The summed E-state index contributed by atoms with van der Waals surface area (Å²) in [7, 11) is 1.87. The van der Waals surface area contributed by atoms with Gasteiger partial charge in [0, 0.05) is 39.5 Å². The highest BCUT2D eigenvalue weighted by molar-refractivity contribution is 5.77. The molecule has 0 aliphatic heterocycles. The third kappa shape index (κ3) is 18.2. The average molecular weight is 439 g/mol. The maximum Gasteiger partial charge on any atom is 0.222 e. The first-order valence-electron chi connectivity index (χ1n) is 13.6. The molecule has 0 aliphatic carbocycles. The van der Waals surface area contributed by atoms with E-state index in [1.807, 2.05) is 18.9 Å². The van der Waals surface area contributed by atoms with Gasteiger partial charge in [0.15, 0.2) is 0 Å². The van der Waals surface area contributed by atoms with Crippen LogP contribution in [0.2, 0.25) is 0 Å². The third-order valence-corrected chi connectivity index (χ3v) is 6.27. The lowest BCUT2D eigenvalue weighted by molar-refractivity contribution is -0.134. The van der Waals surface area contributed by atoms with E-state index >= 15 is 0 Å². The summed E-state index contributed by atoms with van der Waals surface area (Å²) in [6.45, 7) is 8.34. The second kappa shape index (κ2) is 22.1. The molecule has 0 spiro atoms. The first-order chi connectivity index (χ1) is 15.1. The van der Waals surface area contributed by atoms with E-state index in [9.17, 15) is 9.59 Å². The molecule has 0 aliphatic rings. The Hall–Kier alpha value is -1.06. The topological polar surface area (TPSA) is 40.6 Å². The molecule has 4 heteroatoms. The molecule has 0 atom stereocenters. The summed E-state index contributed by atoms with van der Waals surface area (Å²) >= 11 is 0. The molecule has 0 saturated heterocycles. The molecule has 0 aromatic heterocycles. The largest absolute Gasteiger partial charge is 0.344 e. The standard InChI is InChI=1S/C27H54N2O2/c1-5-8-9-10-11-12-13-14-15-16-17-18-19-20-21-22-27(31)28(4)24-25-29(23-6-2)26(30)7-3/h5-25H2,1-4H3. The maximum atomic E-state index is 12.3. The summed E-state index contributed by atoms with van der Waals surface area (Å²) in [5, 5.41) is 0. The van der Waals surface area contributed by atoms with Crippen molar-refractivity contribution in [3.8, 4) is 0 Å². The Morgan fingerprint density at radius 1 is 0.516 bits per heavy atom. The van der Waals surface area contributed by atoms with Crippen molar-refractivity contribution in [2.45, 2.75) is 136 Å². The number of unbranched alkanes of at least 4 members (excludes halogenated alkanes) is 14. The minimum atomic E-state index is 0.185. The van der Waals surface area contributed by atoms with Crippen LogP contribution >= 0.6 is 0 Å². The number of amides is 2. The Balaban J connectivity index is 3.53. The second-order valence-corrected chi connectivity index (χ2v) is 9.25. The number of nitrogens with zero attached hydrogens (tertiary/aromatic N) is 2. The minimum Gasteiger partial charge on any atom is -0.344 e. The second-order valence-electron chi connectivity index (χ2n) is 9.25. The Labute approximate surface area is 194 Å². The van der Waals surface area contributed by atoms with Crippen LogP contribution in [0.25, 0.3) is 0 Å². The van der Waals surface area contributed by atoms with Crippen LogP contribution in [0.5, 0.6) is 0 Å². The Morgan fingerprint density at radius 2 is 0.968 bits per heavy atom. The molecule has 0 saturated carbocycles. The fourth-order valence-electron chi connectivity index (χ4n) is 4.09. The lowest BCUT2D eigenvalue weighted by Crippen LogP contribution is -2.39. The van der Waals surface area contributed by atoms with Crippen molar-refractivity contribution in [2.24, 2.45) is 0 Å². The highest BCUT2D eigenvalue weighted by Gasteiger charge is 2.13. The van der Waals surface area contributed by atoms with Crippen LogP contribution in [0.1, 0.15) is 136 Å². The molecular weight excluding hydrogens is 384 g/mol. The van der Waals surface area contributed by atoms with Gasteiger partial charge in [-0.2, -0.15) is 0 Å². The van der Waals surface area contributed by atoms with E-state index in [-0.39, 0.29) is 11.8 Å². The quantitative estimate of drug-likeness (QED) is 0.166. The molecule has 2 amide bonds.